The van der Waals surface area contributed by atoms with E-state index in [0.29, 0.717) is 33.8 Å². The number of hydrogen-bond donors (Lipinski definition) is 0. The van der Waals surface area contributed by atoms with Gasteiger partial charge in [-0.3, -0.25) is 0 Å². The molecule has 0 amide bonds. The molecule has 0 aliphatic heterocycles. The number of methoxy groups -OCH3 is 1. The highest BCUT2D eigenvalue weighted by Crippen LogP contribution is 2.38. The molecule has 0 fully saturated rings. The molecule has 0 aliphatic carbocycles. The molecule has 4 nitrogen and oxygen atoms in total. The summed E-state index contributed by atoms with van der Waals surface area (Å²) in [4.78, 5) is 12.8. The van der Waals surface area contributed by atoms with Crippen molar-refractivity contribution in [1.82, 2.24) is 4.57 Å². The van der Waals surface area contributed by atoms with Gasteiger partial charge in [-0.15, -0.1) is 0 Å². The fourth-order valence-corrected chi connectivity index (χ4v) is 3.54. The van der Waals surface area contributed by atoms with Crippen LogP contribution >= 0.6 is 23.2 Å². The quantitative estimate of drug-likeness (QED) is 0.339. The van der Waals surface area contributed by atoms with E-state index in [2.05, 4.69) is 0 Å². The van der Waals surface area contributed by atoms with E-state index in [-0.39, 0.29) is 0 Å². The molecule has 1 heterocycles. The minimum atomic E-state index is -0.489. The van der Waals surface area contributed by atoms with E-state index in [0.717, 1.165) is 16.5 Å². The predicted octanol–water partition coefficient (Wildman–Crippen LogP) is 6.58. The van der Waals surface area contributed by atoms with Gasteiger partial charge in [0.15, 0.2) is 11.4 Å². The van der Waals surface area contributed by atoms with Gasteiger partial charge >= 0.3 is 5.97 Å². The van der Waals surface area contributed by atoms with E-state index >= 15 is 0 Å². The zero-order chi connectivity index (χ0) is 20.4. The van der Waals surface area contributed by atoms with Crippen molar-refractivity contribution in [1.29, 1.82) is 0 Å². The SMILES string of the molecule is COC(=O)c1c(Oc2ccccc2)c2cc(Cl)ccc2n1Cc1ccc(Cl)cc1. The summed E-state index contributed by atoms with van der Waals surface area (Å²) < 4.78 is 13.1. The summed E-state index contributed by atoms with van der Waals surface area (Å²) in [6.45, 7) is 0.442. The molecule has 29 heavy (non-hydrogen) atoms. The highest BCUT2D eigenvalue weighted by molar-refractivity contribution is 6.31. The molecule has 0 unspecified atom stereocenters. The first-order valence-electron chi connectivity index (χ1n) is 8.94. The van der Waals surface area contributed by atoms with Crippen LogP contribution in [0.4, 0.5) is 0 Å². The first-order chi connectivity index (χ1) is 14.1. The second kappa shape index (κ2) is 8.19. The molecular formula is C23H17Cl2NO3. The number of carbonyl (C=O) groups excluding carboxylic acids is 1. The van der Waals surface area contributed by atoms with Gasteiger partial charge in [-0.1, -0.05) is 53.5 Å². The fraction of sp³-hybridized carbons (Fsp3) is 0.0870. The zero-order valence-electron chi connectivity index (χ0n) is 15.6. The average molecular weight is 426 g/mol. The van der Waals surface area contributed by atoms with E-state index in [1.807, 2.05) is 65.2 Å². The lowest BCUT2D eigenvalue weighted by Gasteiger charge is -2.11. The lowest BCUT2D eigenvalue weighted by molar-refractivity contribution is 0.0586. The Labute approximate surface area is 178 Å². The van der Waals surface area contributed by atoms with Crippen LogP contribution in [0.25, 0.3) is 10.9 Å². The highest BCUT2D eigenvalue weighted by Gasteiger charge is 2.26. The van der Waals surface area contributed by atoms with Crippen molar-refractivity contribution in [3.63, 3.8) is 0 Å². The Hall–Kier alpha value is -2.95. The number of aromatic nitrogens is 1. The maximum atomic E-state index is 12.8. The average Bonchev–Trinajstić information content (AvgIpc) is 3.02. The van der Waals surface area contributed by atoms with Crippen molar-refractivity contribution in [2.45, 2.75) is 6.54 Å². The van der Waals surface area contributed by atoms with Crippen LogP contribution in [0.15, 0.2) is 72.8 Å². The van der Waals surface area contributed by atoms with Gasteiger partial charge < -0.3 is 14.0 Å². The standard InChI is InChI=1S/C23H17Cl2NO3/c1-28-23(27)21-22(29-18-5-3-2-4-6-18)19-13-17(25)11-12-20(19)26(21)14-15-7-9-16(24)10-8-15/h2-13H,14H2,1H3. The molecule has 0 radical (unpaired) electrons. The molecule has 0 saturated carbocycles. The maximum absolute atomic E-state index is 12.8. The normalized spacial score (nSPS) is 10.9. The number of carbonyl (C=O) groups is 1. The number of esters is 1. The molecular weight excluding hydrogens is 409 g/mol. The fourth-order valence-electron chi connectivity index (χ4n) is 3.24. The molecule has 0 atom stereocenters. The van der Waals surface area contributed by atoms with E-state index in [4.69, 9.17) is 32.7 Å². The number of para-hydroxylation sites is 1. The lowest BCUT2D eigenvalue weighted by atomic mass is 10.2. The van der Waals surface area contributed by atoms with E-state index < -0.39 is 5.97 Å². The summed E-state index contributed by atoms with van der Waals surface area (Å²) in [6.07, 6.45) is 0. The summed E-state index contributed by atoms with van der Waals surface area (Å²) in [6, 6.07) is 22.2. The van der Waals surface area contributed by atoms with E-state index in [1.54, 1.807) is 12.1 Å². The second-order valence-electron chi connectivity index (χ2n) is 6.46. The third-order valence-corrected chi connectivity index (χ3v) is 5.06. The van der Waals surface area contributed by atoms with Gasteiger partial charge in [0.2, 0.25) is 0 Å². The van der Waals surface area contributed by atoms with Crippen molar-refractivity contribution >= 4 is 40.1 Å². The Balaban J connectivity index is 1.93. The van der Waals surface area contributed by atoms with Gasteiger partial charge in [0.1, 0.15) is 5.75 Å². The summed E-state index contributed by atoms with van der Waals surface area (Å²) in [5.41, 5.74) is 2.12. The van der Waals surface area contributed by atoms with E-state index in [1.165, 1.54) is 7.11 Å². The molecule has 6 heteroatoms. The largest absolute Gasteiger partial charge is 0.464 e. The smallest absolute Gasteiger partial charge is 0.358 e. The molecule has 0 spiro atoms. The second-order valence-corrected chi connectivity index (χ2v) is 7.33. The van der Waals surface area contributed by atoms with Gasteiger partial charge in [0.25, 0.3) is 0 Å². The van der Waals surface area contributed by atoms with E-state index in [9.17, 15) is 4.79 Å². The number of benzene rings is 3. The maximum Gasteiger partial charge on any atom is 0.358 e. The number of halogens is 2. The predicted molar refractivity (Wildman–Crippen MR) is 115 cm³/mol. The Morgan fingerprint density at radius 3 is 2.31 bits per heavy atom. The first-order valence-corrected chi connectivity index (χ1v) is 9.70. The van der Waals surface area contributed by atoms with Crippen molar-refractivity contribution in [2.24, 2.45) is 0 Å². The molecule has 1 aromatic heterocycles. The van der Waals surface area contributed by atoms with Crippen LogP contribution in [0, 0.1) is 0 Å². The molecule has 0 aliphatic rings. The first kappa shape index (κ1) is 19.4. The van der Waals surface area contributed by atoms with Gasteiger partial charge in [0.05, 0.1) is 12.6 Å². The highest BCUT2D eigenvalue weighted by atomic mass is 35.5. The minimum Gasteiger partial charge on any atom is -0.464 e. The van der Waals surface area contributed by atoms with Gasteiger partial charge in [0, 0.05) is 22.0 Å². The van der Waals surface area contributed by atoms with Crippen molar-refractivity contribution in [3.8, 4) is 11.5 Å². The van der Waals surface area contributed by atoms with Crippen molar-refractivity contribution < 1.29 is 14.3 Å². The molecule has 3 aromatic carbocycles. The van der Waals surface area contributed by atoms with Crippen LogP contribution in [0.3, 0.4) is 0 Å². The van der Waals surface area contributed by atoms with Crippen LogP contribution < -0.4 is 4.74 Å². The van der Waals surface area contributed by atoms with Crippen molar-refractivity contribution in [3.05, 3.63) is 94.1 Å². The summed E-state index contributed by atoms with van der Waals surface area (Å²) in [5, 5.41) is 1.94. The third kappa shape index (κ3) is 3.95. The van der Waals surface area contributed by atoms with Gasteiger partial charge in [-0.2, -0.15) is 0 Å². The molecule has 146 valence electrons. The van der Waals surface area contributed by atoms with Crippen LogP contribution in [0.5, 0.6) is 11.5 Å². The summed E-state index contributed by atoms with van der Waals surface area (Å²) in [7, 11) is 1.35. The van der Waals surface area contributed by atoms with Crippen LogP contribution in [-0.4, -0.2) is 17.6 Å². The third-order valence-electron chi connectivity index (χ3n) is 4.57. The Bertz CT molecular complexity index is 1170. The minimum absolute atomic E-state index is 0.323. The topological polar surface area (TPSA) is 40.5 Å². The summed E-state index contributed by atoms with van der Waals surface area (Å²) >= 11 is 12.3. The lowest BCUT2D eigenvalue weighted by Crippen LogP contribution is -2.12. The number of nitrogens with zero attached hydrogens (tertiary/aromatic N) is 1. The molecule has 0 N–H and O–H groups in total. The molecule has 0 saturated heterocycles. The monoisotopic (exact) mass is 425 g/mol. The Morgan fingerprint density at radius 2 is 1.62 bits per heavy atom. The van der Waals surface area contributed by atoms with Crippen LogP contribution in [0.1, 0.15) is 16.1 Å². The van der Waals surface area contributed by atoms with Crippen LogP contribution in [0.2, 0.25) is 10.0 Å². The molecule has 0 bridgehead atoms. The number of hydrogen-bond acceptors (Lipinski definition) is 3. The summed E-state index contributed by atoms with van der Waals surface area (Å²) in [5.74, 6) is 0.537. The molecule has 4 rings (SSSR count). The Kier molecular flexibility index (Phi) is 5.47. The zero-order valence-corrected chi connectivity index (χ0v) is 17.1. The number of ether oxygens (including phenoxy) is 2. The van der Waals surface area contributed by atoms with Gasteiger partial charge in [-0.05, 0) is 48.0 Å². The Morgan fingerprint density at radius 1 is 0.931 bits per heavy atom. The van der Waals surface area contributed by atoms with Crippen LogP contribution in [-0.2, 0) is 11.3 Å². The van der Waals surface area contributed by atoms with Gasteiger partial charge in [-0.25, -0.2) is 4.79 Å². The molecule has 4 aromatic rings. The number of rotatable bonds is 5. The number of fused-ring (bicyclic) bond motifs is 1. The van der Waals surface area contributed by atoms with Crippen molar-refractivity contribution in [2.75, 3.05) is 7.11 Å².